The number of nitrogens with one attached hydrogen (secondary N) is 1. The quantitative estimate of drug-likeness (QED) is 0.00820. The molecule has 15 rings (SSSR count). The lowest BCUT2D eigenvalue weighted by atomic mass is 9.49. The molecule has 6 saturated heterocycles. The number of likely N-dealkylation sites (tertiary alicyclic amines) is 3. The number of aromatic hydroxyl groups is 1. The number of nitrogens with zero attached hydrogens (tertiary/aromatic N) is 4. The highest BCUT2D eigenvalue weighted by Crippen LogP contribution is 2.47. The van der Waals surface area contributed by atoms with Gasteiger partial charge in [-0.2, -0.15) is 46.9 Å². The summed E-state index contributed by atoms with van der Waals surface area (Å²) in [6.07, 6.45) is 0.501. The summed E-state index contributed by atoms with van der Waals surface area (Å²) in [4.78, 5) is 78.1. The topological polar surface area (TPSA) is 347 Å². The van der Waals surface area contributed by atoms with Crippen molar-refractivity contribution in [2.75, 3.05) is 63.2 Å². The van der Waals surface area contributed by atoms with Gasteiger partial charge in [0.05, 0.1) is 51.2 Å². The fourth-order valence-corrected chi connectivity index (χ4v) is 15.5. The number of piperidine rings is 3. The number of anilines is 1. The van der Waals surface area contributed by atoms with Crippen molar-refractivity contribution in [1.29, 1.82) is 0 Å². The number of amides is 3. The maximum absolute atomic E-state index is 12.9. The van der Waals surface area contributed by atoms with E-state index in [4.69, 9.17) is 52.5 Å². The molecule has 43 heteroatoms. The Hall–Kier alpha value is -10.5. The van der Waals surface area contributed by atoms with Gasteiger partial charge in [0, 0.05) is 91.0 Å². The number of ether oxygens (including phenoxy) is 5. The van der Waals surface area contributed by atoms with E-state index in [0.717, 1.165) is 35.9 Å². The highest BCUT2D eigenvalue weighted by molar-refractivity contribution is 8.12. The van der Waals surface area contributed by atoms with Crippen LogP contribution in [0.5, 0.6) is 17.2 Å². The highest BCUT2D eigenvalue weighted by atomic mass is 32.3. The number of phenols is 1. The smallest absolute Gasteiger partial charge is 0.507 e. The molecule has 8 aliphatic heterocycles. The van der Waals surface area contributed by atoms with E-state index < -0.39 is 96.2 Å². The zero-order valence-electron chi connectivity index (χ0n) is 74.1. The molecular formula is C89H106B2F9N5O24S3. The van der Waals surface area contributed by atoms with Crippen molar-refractivity contribution in [2.45, 2.75) is 191 Å². The summed E-state index contributed by atoms with van der Waals surface area (Å²) in [5.41, 5.74) is -11.1. The highest BCUT2D eigenvalue weighted by Gasteiger charge is 2.64. The molecule has 3 N–H and O–H groups in total. The Balaban J connectivity index is 0.000000197. The van der Waals surface area contributed by atoms with Gasteiger partial charge in [0.25, 0.3) is 0 Å². The van der Waals surface area contributed by atoms with Crippen molar-refractivity contribution in [3.8, 4) is 17.2 Å². The molecule has 0 aliphatic carbocycles. The van der Waals surface area contributed by atoms with Crippen molar-refractivity contribution in [2.24, 2.45) is 0 Å². The molecule has 718 valence electrons. The second-order valence-electron chi connectivity index (χ2n) is 32.6. The molecule has 0 unspecified atom stereocenters. The molecule has 0 radical (unpaired) electrons. The van der Waals surface area contributed by atoms with Crippen molar-refractivity contribution >= 4 is 93.5 Å². The fourth-order valence-electron chi connectivity index (χ4n) is 13.4. The zero-order valence-corrected chi connectivity index (χ0v) is 76.6. The average Bonchev–Trinajstić information content (AvgIpc) is 1.62. The molecule has 3 amide bonds. The Kier molecular flexibility index (Phi) is 38.0. The lowest BCUT2D eigenvalue weighted by molar-refractivity contribution is -0.440. The van der Waals surface area contributed by atoms with Crippen molar-refractivity contribution < 1.29 is 151 Å². The molecule has 6 fully saturated rings. The second kappa shape index (κ2) is 46.9. The average molecular weight is 1920 g/mol. The number of aliphatic hydroxyl groups excluding tert-OH is 1. The Labute approximate surface area is 765 Å². The number of carbonyl (C=O) groups is 6. The molecule has 0 bridgehead atoms. The summed E-state index contributed by atoms with van der Waals surface area (Å²) < 4.78 is 216. The molecular weight excluding hydrogens is 1810 g/mol. The first-order valence-electron chi connectivity index (χ1n) is 41.7. The second-order valence-corrected chi connectivity index (χ2v) is 36.8. The molecule has 29 nitrogen and oxygen atoms in total. The van der Waals surface area contributed by atoms with E-state index in [1.54, 1.807) is 40.1 Å². The van der Waals surface area contributed by atoms with Crippen LogP contribution in [0.15, 0.2) is 200 Å². The van der Waals surface area contributed by atoms with Gasteiger partial charge < -0.3 is 76.7 Å². The fraction of sp³-hybridized carbons (Fsp3) is 0.438. The normalized spacial score (nSPS) is 18.1. The number of alkyl halides is 9. The van der Waals surface area contributed by atoms with Gasteiger partial charge in [-0.05, 0) is 153 Å². The maximum Gasteiger partial charge on any atom is 0.550 e. The van der Waals surface area contributed by atoms with E-state index in [2.05, 4.69) is 18.7 Å². The summed E-state index contributed by atoms with van der Waals surface area (Å²) in [7, 11) is -11.8. The third-order valence-corrected chi connectivity index (χ3v) is 25.5. The number of aliphatic hydroxyl groups is 1. The van der Waals surface area contributed by atoms with E-state index in [1.807, 2.05) is 165 Å². The Morgan fingerprint density at radius 2 is 0.879 bits per heavy atom. The molecule has 8 heterocycles. The first-order chi connectivity index (χ1) is 62.0. The summed E-state index contributed by atoms with van der Waals surface area (Å²) >= 11 is -0.782. The van der Waals surface area contributed by atoms with Crippen molar-refractivity contribution in [1.82, 2.24) is 20.0 Å². The summed E-state index contributed by atoms with van der Waals surface area (Å²) in [5.74, 6) is 0.683. The molecule has 0 atom stereocenters. The van der Waals surface area contributed by atoms with Crippen LogP contribution in [0.1, 0.15) is 163 Å². The van der Waals surface area contributed by atoms with Crippen LogP contribution in [0.2, 0.25) is 0 Å². The van der Waals surface area contributed by atoms with Crippen molar-refractivity contribution in [3.63, 3.8) is 0 Å². The molecule has 7 aromatic rings. The van der Waals surface area contributed by atoms with Gasteiger partial charge in [-0.25, -0.2) is 14.4 Å². The summed E-state index contributed by atoms with van der Waals surface area (Å²) in [6.45, 7) is 23.2. The van der Waals surface area contributed by atoms with Crippen LogP contribution < -0.4 is 18.5 Å². The number of hydrogen-bond donors (Lipinski definition) is 3. The van der Waals surface area contributed by atoms with Gasteiger partial charge in [-0.3, -0.25) is 14.4 Å². The molecule has 7 aromatic carbocycles. The molecule has 8 aliphatic rings. The zero-order chi connectivity index (χ0) is 97.2. The lowest BCUT2D eigenvalue weighted by Gasteiger charge is -2.43. The third-order valence-electron chi connectivity index (χ3n) is 22.0. The maximum atomic E-state index is 12.9. The van der Waals surface area contributed by atoms with E-state index in [1.165, 1.54) is 86.3 Å². The number of sulfonamides is 1. The van der Waals surface area contributed by atoms with E-state index >= 15 is 0 Å². The number of halogens is 9. The third kappa shape index (κ3) is 30.5. The molecule has 0 aromatic heterocycles. The number of para-hydroxylation sites is 4. The molecule has 2 spiro atoms. The standard InChI is InChI=1S/C22H20F3NO6S.C21H21NO4.C13H15NO3.C12H24B2O4.C8H5F6NO4S2.C8H8O2.C4H9N.CH4O/c23-22(24,25)33(28,29)32-19-14-21(31-18-9-5-4-8-17(18)19)10-12-26(13-11-21)20(27)30-15-16-6-2-1-3-7-16;23-18-14-21(26-19-9-5-4-8-17(18)19)10-12-22(13-11-21)20(24)25-15-16-6-2-1-3-7-16;15-12-6-8-14(9-7-12)13(16)17-10-11-4-2-1-3-5-11;1-9(2)10(3,4)16-13(15-9)14-17-11(5,6)12(7,8)18-14;9-7(10,11)18-19-20-15(6-4-2-1-3-5-6)21(16,17)8(12,13)14;1-6(9)7-4-2-3-5-8(7)10;1-2-4-5-3-1;1-2/h1-9,14H,10-13,15H2;1-9H,10-15H2;1-5H,6-10H2;1-8H3;1-5H;2-5,10H,1H3;5H,1-4H2;2H,1H3. The number of Topliss-reactive ketones (excluding diaryl/α,β-unsaturated/α-hetero) is 3. The van der Waals surface area contributed by atoms with Crippen LogP contribution >= 0.6 is 12.2 Å². The van der Waals surface area contributed by atoms with E-state index in [0.29, 0.717) is 75.2 Å². The number of rotatable bonds is 15. The van der Waals surface area contributed by atoms with Crippen LogP contribution in [0.3, 0.4) is 0 Å². The van der Waals surface area contributed by atoms with Gasteiger partial charge in [0.1, 0.15) is 54.1 Å². The molecule has 132 heavy (non-hydrogen) atoms. The van der Waals surface area contributed by atoms with Crippen LogP contribution in [0, 0.1) is 0 Å². The Bertz CT molecular complexity index is 5130. The van der Waals surface area contributed by atoms with Gasteiger partial charge in [0.2, 0.25) is 0 Å². The molecule has 0 saturated carbocycles. The van der Waals surface area contributed by atoms with E-state index in [-0.39, 0.29) is 115 Å². The Morgan fingerprint density at radius 1 is 0.500 bits per heavy atom. The van der Waals surface area contributed by atoms with E-state index in [9.17, 15) is 85.1 Å². The number of phenolic OH excluding ortho intramolecular Hbond substituents is 1. The van der Waals surface area contributed by atoms with Crippen LogP contribution in [0.25, 0.3) is 5.76 Å². The minimum absolute atomic E-state index is 0.0509. The summed E-state index contributed by atoms with van der Waals surface area (Å²) in [5, 5.41) is 19.3. The Morgan fingerprint density at radius 3 is 1.27 bits per heavy atom. The van der Waals surface area contributed by atoms with Crippen LogP contribution in [-0.2, 0) is 91.0 Å². The van der Waals surface area contributed by atoms with Crippen molar-refractivity contribution in [3.05, 3.63) is 234 Å². The number of carbonyl (C=O) groups excluding carboxylic acids is 6. The lowest BCUT2D eigenvalue weighted by Crippen LogP contribution is -2.52. The first kappa shape index (κ1) is 107. The van der Waals surface area contributed by atoms with Gasteiger partial charge in [-0.1, -0.05) is 146 Å². The monoisotopic (exact) mass is 1920 g/mol. The summed E-state index contributed by atoms with van der Waals surface area (Å²) in [6, 6.07) is 53.9. The number of benzene rings is 7. The number of ketones is 3. The van der Waals surface area contributed by atoms with Crippen LogP contribution in [0.4, 0.5) is 59.6 Å². The SMILES string of the molecule is C1CCNC1.CC(=O)c1ccccc1O.CC1(C)OB(B2OC(C)(C)C(C)(C)O2)OC1(C)C.CO.O=C(OCc1ccccc1)N1CCC2(C=C(OS(=O)(=O)C(F)(F)F)c3ccccc3O2)CC1.O=C1CC2(CCN(C(=O)OCc3ccccc3)CC2)Oc2ccccc21.O=C1CCN(C(=O)OCc2ccccc2)CC1.O=S(=O)(N(SOOC(F)(F)F)c1ccccc1)C(F)(F)F. The predicted molar refractivity (Wildman–Crippen MR) is 470 cm³/mol. The number of fused-ring (bicyclic) bond motifs is 2. The predicted octanol–water partition coefficient (Wildman–Crippen LogP) is 17.5. The van der Waals surface area contributed by atoms with Crippen LogP contribution in [-0.4, -0.2) is 202 Å². The van der Waals surface area contributed by atoms with Gasteiger partial charge >= 0.3 is 69.8 Å². The minimum Gasteiger partial charge on any atom is -0.507 e. The van der Waals surface area contributed by atoms with Gasteiger partial charge in [0.15, 0.2) is 29.6 Å². The number of hydrogen-bond acceptors (Lipinski definition) is 26. The van der Waals surface area contributed by atoms with Gasteiger partial charge in [-0.15, -0.1) is 22.4 Å². The largest absolute Gasteiger partial charge is 0.550 e. The minimum atomic E-state index is -5.99. The first-order valence-corrected chi connectivity index (χ1v) is 45.2.